The molecular formula is C15H13ClF3N3O. The lowest BCUT2D eigenvalue weighted by Crippen LogP contribution is -2.37. The molecule has 122 valence electrons. The van der Waals surface area contributed by atoms with Gasteiger partial charge in [0.2, 0.25) is 0 Å². The van der Waals surface area contributed by atoms with Crippen LogP contribution in [0.5, 0.6) is 0 Å². The van der Waals surface area contributed by atoms with Crippen molar-refractivity contribution in [1.82, 2.24) is 10.2 Å². The maximum atomic E-state index is 14.2. The van der Waals surface area contributed by atoms with Crippen LogP contribution in [0, 0.1) is 24.4 Å². The van der Waals surface area contributed by atoms with E-state index in [1.54, 1.807) is 6.92 Å². The fraction of sp³-hybridized carbons (Fsp3) is 0.333. The van der Waals surface area contributed by atoms with Crippen molar-refractivity contribution in [2.45, 2.75) is 6.92 Å². The Morgan fingerprint density at radius 3 is 2.39 bits per heavy atom. The average molecular weight is 344 g/mol. The second kappa shape index (κ2) is 6.33. The number of ether oxygens (including phenoxy) is 1. The SMILES string of the molecule is Cc1nnc(Cl)c(-c2c(F)ccc(F)c2F)c1N1CCOCC1. The second-order valence-electron chi connectivity index (χ2n) is 5.12. The molecular weight excluding hydrogens is 331 g/mol. The smallest absolute Gasteiger partial charge is 0.169 e. The first-order valence-electron chi connectivity index (χ1n) is 7.00. The summed E-state index contributed by atoms with van der Waals surface area (Å²) in [5, 5.41) is 7.46. The molecule has 0 atom stereocenters. The van der Waals surface area contributed by atoms with E-state index in [0.29, 0.717) is 37.7 Å². The lowest BCUT2D eigenvalue weighted by atomic mass is 10.0. The van der Waals surface area contributed by atoms with E-state index in [1.165, 1.54) is 0 Å². The third kappa shape index (κ3) is 2.86. The fourth-order valence-corrected chi connectivity index (χ4v) is 2.87. The highest BCUT2D eigenvalue weighted by atomic mass is 35.5. The molecule has 1 aliphatic heterocycles. The Morgan fingerprint density at radius 2 is 1.70 bits per heavy atom. The zero-order chi connectivity index (χ0) is 16.6. The van der Waals surface area contributed by atoms with E-state index >= 15 is 0 Å². The normalized spacial score (nSPS) is 15.1. The first-order chi connectivity index (χ1) is 11.0. The predicted molar refractivity (Wildman–Crippen MR) is 80.1 cm³/mol. The molecule has 0 saturated carbocycles. The Hall–Kier alpha value is -1.86. The number of hydrogen-bond acceptors (Lipinski definition) is 4. The van der Waals surface area contributed by atoms with Gasteiger partial charge < -0.3 is 9.64 Å². The van der Waals surface area contributed by atoms with Gasteiger partial charge in [0.1, 0.15) is 5.82 Å². The van der Waals surface area contributed by atoms with Crippen LogP contribution in [0.15, 0.2) is 12.1 Å². The molecule has 0 radical (unpaired) electrons. The van der Waals surface area contributed by atoms with Crippen molar-refractivity contribution in [2.75, 3.05) is 31.2 Å². The number of anilines is 1. The van der Waals surface area contributed by atoms with Gasteiger partial charge in [-0.2, -0.15) is 5.10 Å². The van der Waals surface area contributed by atoms with Gasteiger partial charge in [-0.15, -0.1) is 5.10 Å². The lowest BCUT2D eigenvalue weighted by Gasteiger charge is -2.31. The largest absolute Gasteiger partial charge is 0.378 e. The van der Waals surface area contributed by atoms with Crippen molar-refractivity contribution < 1.29 is 17.9 Å². The van der Waals surface area contributed by atoms with Crippen molar-refractivity contribution in [3.8, 4) is 11.1 Å². The summed E-state index contributed by atoms with van der Waals surface area (Å²) in [5.41, 5.74) is 0.371. The summed E-state index contributed by atoms with van der Waals surface area (Å²) in [6.07, 6.45) is 0. The topological polar surface area (TPSA) is 38.2 Å². The van der Waals surface area contributed by atoms with Gasteiger partial charge in [-0.25, -0.2) is 13.2 Å². The molecule has 1 fully saturated rings. The van der Waals surface area contributed by atoms with E-state index in [4.69, 9.17) is 16.3 Å². The van der Waals surface area contributed by atoms with Crippen LogP contribution in [0.25, 0.3) is 11.1 Å². The number of halogens is 4. The molecule has 0 aliphatic carbocycles. The zero-order valence-electron chi connectivity index (χ0n) is 12.2. The van der Waals surface area contributed by atoms with Crippen LogP contribution in [-0.2, 0) is 4.74 Å². The molecule has 1 saturated heterocycles. The number of aromatic nitrogens is 2. The first-order valence-corrected chi connectivity index (χ1v) is 7.38. The number of nitrogens with zero attached hydrogens (tertiary/aromatic N) is 3. The van der Waals surface area contributed by atoms with Gasteiger partial charge in [-0.3, -0.25) is 0 Å². The Labute approximate surface area is 135 Å². The summed E-state index contributed by atoms with van der Waals surface area (Å²) in [7, 11) is 0. The third-order valence-corrected chi connectivity index (χ3v) is 3.96. The monoisotopic (exact) mass is 343 g/mol. The molecule has 8 heteroatoms. The van der Waals surface area contributed by atoms with E-state index in [9.17, 15) is 13.2 Å². The van der Waals surface area contributed by atoms with E-state index in [0.717, 1.165) is 12.1 Å². The van der Waals surface area contributed by atoms with Gasteiger partial charge in [0.25, 0.3) is 0 Å². The summed E-state index contributed by atoms with van der Waals surface area (Å²) >= 11 is 6.06. The quantitative estimate of drug-likeness (QED) is 0.784. The van der Waals surface area contributed by atoms with Crippen LogP contribution in [0.3, 0.4) is 0 Å². The first kappa shape index (κ1) is 16.0. The Morgan fingerprint density at radius 1 is 1.04 bits per heavy atom. The maximum absolute atomic E-state index is 14.2. The molecule has 0 spiro atoms. The average Bonchev–Trinajstić information content (AvgIpc) is 2.55. The molecule has 23 heavy (non-hydrogen) atoms. The highest BCUT2D eigenvalue weighted by Gasteiger charge is 2.27. The number of rotatable bonds is 2. The Kier molecular flexibility index (Phi) is 4.41. The van der Waals surface area contributed by atoms with E-state index in [2.05, 4.69) is 10.2 Å². The van der Waals surface area contributed by atoms with Crippen LogP contribution in [0.4, 0.5) is 18.9 Å². The molecule has 3 rings (SSSR count). The molecule has 0 N–H and O–H groups in total. The summed E-state index contributed by atoms with van der Waals surface area (Å²) < 4.78 is 47.3. The predicted octanol–water partition coefficient (Wildman–Crippen LogP) is 3.36. The molecule has 0 amide bonds. The molecule has 2 heterocycles. The second-order valence-corrected chi connectivity index (χ2v) is 5.48. The minimum atomic E-state index is -1.30. The maximum Gasteiger partial charge on any atom is 0.169 e. The van der Waals surface area contributed by atoms with Crippen molar-refractivity contribution >= 4 is 17.3 Å². The highest BCUT2D eigenvalue weighted by Crippen LogP contribution is 2.40. The summed E-state index contributed by atoms with van der Waals surface area (Å²) in [5.74, 6) is -3.36. The molecule has 1 aromatic carbocycles. The zero-order valence-corrected chi connectivity index (χ0v) is 13.0. The van der Waals surface area contributed by atoms with E-state index in [1.807, 2.05) is 4.90 Å². The Bertz CT molecular complexity index is 751. The number of hydrogen-bond donors (Lipinski definition) is 0. The van der Waals surface area contributed by atoms with Crippen LogP contribution in [-0.4, -0.2) is 36.5 Å². The van der Waals surface area contributed by atoms with Gasteiger partial charge in [0.05, 0.1) is 35.7 Å². The molecule has 0 bridgehead atoms. The van der Waals surface area contributed by atoms with E-state index in [-0.39, 0.29) is 10.7 Å². The standard InChI is InChI=1S/C15H13ClF3N3O/c1-8-14(22-4-6-23-7-5-22)12(15(16)21-20-8)11-9(17)2-3-10(18)13(11)19/h2-3H,4-7H2,1H3. The van der Waals surface area contributed by atoms with Gasteiger partial charge in [-0.1, -0.05) is 11.6 Å². The third-order valence-electron chi connectivity index (χ3n) is 3.69. The number of benzene rings is 1. The van der Waals surface area contributed by atoms with Crippen LogP contribution < -0.4 is 4.90 Å². The fourth-order valence-electron chi connectivity index (χ4n) is 2.65. The number of aryl methyl sites for hydroxylation is 1. The highest BCUT2D eigenvalue weighted by molar-refractivity contribution is 6.32. The van der Waals surface area contributed by atoms with E-state index < -0.39 is 23.0 Å². The molecule has 0 unspecified atom stereocenters. The summed E-state index contributed by atoms with van der Waals surface area (Å²) in [6.45, 7) is 3.61. The summed E-state index contributed by atoms with van der Waals surface area (Å²) in [4.78, 5) is 1.86. The number of morpholine rings is 1. The Balaban J connectivity index is 2.27. The van der Waals surface area contributed by atoms with Crippen LogP contribution >= 0.6 is 11.6 Å². The molecule has 2 aromatic rings. The molecule has 1 aromatic heterocycles. The van der Waals surface area contributed by atoms with Crippen molar-refractivity contribution in [2.24, 2.45) is 0 Å². The van der Waals surface area contributed by atoms with Gasteiger partial charge in [0.15, 0.2) is 16.8 Å². The minimum absolute atomic E-state index is 0.00978. The minimum Gasteiger partial charge on any atom is -0.378 e. The van der Waals surface area contributed by atoms with Crippen molar-refractivity contribution in [3.05, 3.63) is 40.4 Å². The van der Waals surface area contributed by atoms with Gasteiger partial charge in [-0.05, 0) is 19.1 Å². The van der Waals surface area contributed by atoms with Crippen LogP contribution in [0.2, 0.25) is 5.15 Å². The van der Waals surface area contributed by atoms with Crippen molar-refractivity contribution in [3.63, 3.8) is 0 Å². The van der Waals surface area contributed by atoms with Crippen LogP contribution in [0.1, 0.15) is 5.69 Å². The molecule has 4 nitrogen and oxygen atoms in total. The van der Waals surface area contributed by atoms with Gasteiger partial charge in [0, 0.05) is 13.1 Å². The lowest BCUT2D eigenvalue weighted by molar-refractivity contribution is 0.122. The van der Waals surface area contributed by atoms with Gasteiger partial charge >= 0.3 is 0 Å². The molecule has 1 aliphatic rings. The summed E-state index contributed by atoms with van der Waals surface area (Å²) in [6, 6.07) is 1.60. The van der Waals surface area contributed by atoms with Crippen molar-refractivity contribution in [1.29, 1.82) is 0 Å².